The van der Waals surface area contributed by atoms with Gasteiger partial charge in [-0.1, -0.05) is 6.07 Å². The van der Waals surface area contributed by atoms with Gasteiger partial charge in [0.05, 0.1) is 20.1 Å². The molecule has 0 aliphatic carbocycles. The van der Waals surface area contributed by atoms with Gasteiger partial charge < -0.3 is 5.32 Å². The van der Waals surface area contributed by atoms with Crippen LogP contribution in [0.5, 0.6) is 0 Å². The number of non-ortho nitro benzene ring substituents is 1. The van der Waals surface area contributed by atoms with Gasteiger partial charge in [-0.25, -0.2) is 4.98 Å². The van der Waals surface area contributed by atoms with E-state index in [1.807, 2.05) is 19.1 Å². The van der Waals surface area contributed by atoms with Crippen LogP contribution in [0.2, 0.25) is 0 Å². The zero-order valence-electron chi connectivity index (χ0n) is 11.6. The van der Waals surface area contributed by atoms with E-state index in [1.165, 1.54) is 24.3 Å². The summed E-state index contributed by atoms with van der Waals surface area (Å²) in [7, 11) is 0. The van der Waals surface area contributed by atoms with Crippen molar-refractivity contribution in [3.05, 3.63) is 63.1 Å². The molecular formula is C15H11N3O3S. The highest BCUT2D eigenvalue weighted by Gasteiger charge is 2.12. The van der Waals surface area contributed by atoms with E-state index in [0.29, 0.717) is 5.69 Å². The number of nitro groups is 1. The summed E-state index contributed by atoms with van der Waals surface area (Å²) in [6.07, 6.45) is 0. The third kappa shape index (κ3) is 2.79. The van der Waals surface area contributed by atoms with Crippen LogP contribution in [-0.4, -0.2) is 15.8 Å². The predicted molar refractivity (Wildman–Crippen MR) is 85.4 cm³/mol. The lowest BCUT2D eigenvalue weighted by Crippen LogP contribution is -2.11. The number of nitro benzene ring substituents is 1. The Labute approximate surface area is 129 Å². The molecule has 0 spiro atoms. The second-order valence-electron chi connectivity index (χ2n) is 4.68. The van der Waals surface area contributed by atoms with Crippen molar-refractivity contribution in [2.24, 2.45) is 0 Å². The number of fused-ring (bicyclic) bond motifs is 1. The van der Waals surface area contributed by atoms with Crippen LogP contribution in [-0.2, 0) is 0 Å². The molecule has 22 heavy (non-hydrogen) atoms. The number of anilines is 1. The number of amides is 1. The number of nitrogens with zero attached hydrogens (tertiary/aromatic N) is 2. The summed E-state index contributed by atoms with van der Waals surface area (Å²) in [6, 6.07) is 11.1. The summed E-state index contributed by atoms with van der Waals surface area (Å²) in [6.45, 7) is 1.92. The van der Waals surface area contributed by atoms with Crippen molar-refractivity contribution >= 4 is 38.8 Å². The lowest BCUT2D eigenvalue weighted by Gasteiger charge is -2.05. The first-order chi connectivity index (χ1) is 10.5. The highest BCUT2D eigenvalue weighted by atomic mass is 32.1. The molecule has 3 rings (SSSR count). The van der Waals surface area contributed by atoms with Gasteiger partial charge in [0.25, 0.3) is 11.6 Å². The van der Waals surface area contributed by atoms with Crippen molar-refractivity contribution in [2.75, 3.05) is 5.32 Å². The van der Waals surface area contributed by atoms with E-state index < -0.39 is 4.92 Å². The Hall–Kier alpha value is -2.80. The summed E-state index contributed by atoms with van der Waals surface area (Å²) in [5.41, 5.74) is 1.65. The Bertz CT molecular complexity index is 889. The van der Waals surface area contributed by atoms with Crippen molar-refractivity contribution in [2.45, 2.75) is 6.92 Å². The second kappa shape index (κ2) is 5.53. The molecule has 1 amide bonds. The van der Waals surface area contributed by atoms with E-state index in [0.717, 1.165) is 15.2 Å². The molecular weight excluding hydrogens is 302 g/mol. The van der Waals surface area contributed by atoms with Gasteiger partial charge in [0, 0.05) is 23.4 Å². The SMILES string of the molecule is Cc1nc2ccc(NC(=O)c3cccc([N+](=O)[O-])c3)cc2s1. The molecule has 1 heterocycles. The van der Waals surface area contributed by atoms with E-state index in [1.54, 1.807) is 17.4 Å². The Morgan fingerprint density at radius 3 is 2.86 bits per heavy atom. The summed E-state index contributed by atoms with van der Waals surface area (Å²) >= 11 is 1.54. The van der Waals surface area contributed by atoms with E-state index in [4.69, 9.17) is 0 Å². The van der Waals surface area contributed by atoms with Crippen LogP contribution >= 0.6 is 11.3 Å². The average Bonchev–Trinajstić information content (AvgIpc) is 2.86. The average molecular weight is 313 g/mol. The number of carbonyl (C=O) groups is 1. The molecule has 0 aliphatic rings. The number of thiazole rings is 1. The molecule has 7 heteroatoms. The van der Waals surface area contributed by atoms with E-state index in [2.05, 4.69) is 10.3 Å². The monoisotopic (exact) mass is 313 g/mol. The standard InChI is InChI=1S/C15H11N3O3S/c1-9-16-13-6-5-11(8-14(13)22-9)17-15(19)10-3-2-4-12(7-10)18(20)21/h2-8H,1H3,(H,17,19). The number of nitrogens with one attached hydrogen (secondary N) is 1. The smallest absolute Gasteiger partial charge is 0.270 e. The maximum atomic E-state index is 12.2. The molecule has 0 saturated heterocycles. The molecule has 0 radical (unpaired) electrons. The number of aryl methyl sites for hydroxylation is 1. The van der Waals surface area contributed by atoms with Crippen molar-refractivity contribution in [3.8, 4) is 0 Å². The topological polar surface area (TPSA) is 85.1 Å². The summed E-state index contributed by atoms with van der Waals surface area (Å²) < 4.78 is 0.981. The fourth-order valence-corrected chi connectivity index (χ4v) is 2.95. The maximum absolute atomic E-state index is 12.2. The molecule has 3 aromatic rings. The molecule has 0 fully saturated rings. The largest absolute Gasteiger partial charge is 0.322 e. The quantitative estimate of drug-likeness (QED) is 0.589. The van der Waals surface area contributed by atoms with Crippen LogP contribution in [0.25, 0.3) is 10.2 Å². The predicted octanol–water partition coefficient (Wildman–Crippen LogP) is 3.77. The summed E-state index contributed by atoms with van der Waals surface area (Å²) in [4.78, 5) is 26.8. The molecule has 1 aromatic heterocycles. The summed E-state index contributed by atoms with van der Waals surface area (Å²) in [5, 5.41) is 14.4. The van der Waals surface area contributed by atoms with Crippen molar-refractivity contribution in [1.29, 1.82) is 0 Å². The maximum Gasteiger partial charge on any atom is 0.270 e. The van der Waals surface area contributed by atoms with Crippen LogP contribution in [0.15, 0.2) is 42.5 Å². The Morgan fingerprint density at radius 2 is 2.09 bits per heavy atom. The van der Waals surface area contributed by atoms with Crippen LogP contribution in [0.3, 0.4) is 0 Å². The second-order valence-corrected chi connectivity index (χ2v) is 5.91. The molecule has 1 N–H and O–H groups in total. The number of rotatable bonds is 3. The van der Waals surface area contributed by atoms with Gasteiger partial charge in [0.15, 0.2) is 0 Å². The van der Waals surface area contributed by atoms with Crippen molar-refractivity contribution in [3.63, 3.8) is 0 Å². The summed E-state index contributed by atoms with van der Waals surface area (Å²) in [5.74, 6) is -0.385. The Morgan fingerprint density at radius 1 is 1.27 bits per heavy atom. The zero-order chi connectivity index (χ0) is 15.7. The minimum absolute atomic E-state index is 0.110. The zero-order valence-corrected chi connectivity index (χ0v) is 12.4. The van der Waals surface area contributed by atoms with Crippen LogP contribution < -0.4 is 5.32 Å². The Kier molecular flexibility index (Phi) is 3.56. The number of hydrogen-bond acceptors (Lipinski definition) is 5. The van der Waals surface area contributed by atoms with Crippen LogP contribution in [0, 0.1) is 17.0 Å². The van der Waals surface area contributed by atoms with Gasteiger partial charge in [-0.2, -0.15) is 0 Å². The van der Waals surface area contributed by atoms with Gasteiger partial charge in [0.1, 0.15) is 0 Å². The number of carbonyl (C=O) groups excluding carboxylic acids is 1. The minimum atomic E-state index is -0.525. The van der Waals surface area contributed by atoms with E-state index in [-0.39, 0.29) is 17.2 Å². The molecule has 0 atom stereocenters. The van der Waals surface area contributed by atoms with Crippen LogP contribution in [0.1, 0.15) is 15.4 Å². The third-order valence-corrected chi connectivity index (χ3v) is 4.01. The molecule has 110 valence electrons. The fraction of sp³-hybridized carbons (Fsp3) is 0.0667. The molecule has 0 saturated carbocycles. The van der Waals surface area contributed by atoms with Crippen LogP contribution in [0.4, 0.5) is 11.4 Å². The third-order valence-electron chi connectivity index (χ3n) is 3.07. The molecule has 2 aromatic carbocycles. The van der Waals surface area contributed by atoms with E-state index in [9.17, 15) is 14.9 Å². The van der Waals surface area contributed by atoms with Crippen molar-refractivity contribution in [1.82, 2.24) is 4.98 Å². The van der Waals surface area contributed by atoms with Gasteiger partial charge in [-0.3, -0.25) is 14.9 Å². The molecule has 0 aliphatic heterocycles. The van der Waals surface area contributed by atoms with Crippen molar-refractivity contribution < 1.29 is 9.72 Å². The number of aromatic nitrogens is 1. The first kappa shape index (κ1) is 14.2. The lowest BCUT2D eigenvalue weighted by atomic mass is 10.2. The first-order valence-corrected chi connectivity index (χ1v) is 7.27. The van der Waals surface area contributed by atoms with E-state index >= 15 is 0 Å². The van der Waals surface area contributed by atoms with Gasteiger partial charge in [-0.05, 0) is 31.2 Å². The normalized spacial score (nSPS) is 10.6. The van der Waals surface area contributed by atoms with Gasteiger partial charge >= 0.3 is 0 Å². The first-order valence-electron chi connectivity index (χ1n) is 6.46. The Balaban J connectivity index is 1.86. The van der Waals surface area contributed by atoms with Gasteiger partial charge in [0.2, 0.25) is 0 Å². The minimum Gasteiger partial charge on any atom is -0.322 e. The van der Waals surface area contributed by atoms with Gasteiger partial charge in [-0.15, -0.1) is 11.3 Å². The molecule has 0 bridgehead atoms. The highest BCUT2D eigenvalue weighted by molar-refractivity contribution is 7.18. The molecule has 0 unspecified atom stereocenters. The number of benzene rings is 2. The highest BCUT2D eigenvalue weighted by Crippen LogP contribution is 2.25. The number of hydrogen-bond donors (Lipinski definition) is 1. The molecule has 6 nitrogen and oxygen atoms in total. The fourth-order valence-electron chi connectivity index (χ4n) is 2.08. The lowest BCUT2D eigenvalue weighted by molar-refractivity contribution is -0.384.